The Morgan fingerprint density at radius 2 is 1.61 bits per heavy atom. The maximum atomic E-state index is 12.7. The van der Waals surface area contributed by atoms with Crippen LogP contribution in [-0.2, 0) is 6.42 Å². The summed E-state index contributed by atoms with van der Waals surface area (Å²) >= 11 is 3.44. The standard InChI is InChI=1S/C22H23BrN4O/c1-16-20(15-17-7-9-18(23)10-8-17)21(28)25-22(24-16)27-13-11-26(12-14-27)19-5-3-2-4-6-19/h2-10H,11-15H2,1H3,(H,24,25,28). The molecule has 2 heterocycles. The number of aryl methyl sites for hydroxylation is 1. The van der Waals surface area contributed by atoms with Crippen LogP contribution in [0.5, 0.6) is 0 Å². The Hall–Kier alpha value is -2.60. The molecule has 5 nitrogen and oxygen atoms in total. The van der Waals surface area contributed by atoms with Crippen molar-refractivity contribution in [2.75, 3.05) is 36.0 Å². The molecule has 3 aromatic rings. The van der Waals surface area contributed by atoms with Gasteiger partial charge in [0, 0.05) is 48.3 Å². The number of H-pyrrole nitrogens is 1. The van der Waals surface area contributed by atoms with Crippen molar-refractivity contribution in [2.45, 2.75) is 13.3 Å². The molecule has 0 radical (unpaired) electrons. The minimum Gasteiger partial charge on any atom is -0.368 e. The second-order valence-corrected chi connectivity index (χ2v) is 7.98. The fourth-order valence-corrected chi connectivity index (χ4v) is 3.84. The van der Waals surface area contributed by atoms with Gasteiger partial charge in [0.05, 0.1) is 5.69 Å². The predicted molar refractivity (Wildman–Crippen MR) is 117 cm³/mol. The average molecular weight is 439 g/mol. The molecule has 1 fully saturated rings. The van der Waals surface area contributed by atoms with Crippen LogP contribution in [0.3, 0.4) is 0 Å². The van der Waals surface area contributed by atoms with Crippen LogP contribution in [0.2, 0.25) is 0 Å². The number of halogens is 1. The largest absolute Gasteiger partial charge is 0.368 e. The normalized spacial score (nSPS) is 14.4. The number of hydrogen-bond donors (Lipinski definition) is 1. The van der Waals surface area contributed by atoms with E-state index in [4.69, 9.17) is 4.98 Å². The molecule has 6 heteroatoms. The van der Waals surface area contributed by atoms with Gasteiger partial charge in [-0.25, -0.2) is 4.98 Å². The first-order valence-electron chi connectivity index (χ1n) is 9.49. The predicted octanol–water partition coefficient (Wildman–Crippen LogP) is 3.76. The molecule has 144 valence electrons. The van der Waals surface area contributed by atoms with Gasteiger partial charge in [0.15, 0.2) is 0 Å². The van der Waals surface area contributed by atoms with Gasteiger partial charge in [-0.05, 0) is 36.8 Å². The third kappa shape index (κ3) is 4.12. The summed E-state index contributed by atoms with van der Waals surface area (Å²) < 4.78 is 1.03. The number of anilines is 2. The first-order chi connectivity index (χ1) is 13.6. The highest BCUT2D eigenvalue weighted by Crippen LogP contribution is 2.19. The Bertz CT molecular complexity index is 993. The summed E-state index contributed by atoms with van der Waals surface area (Å²) in [5.74, 6) is 0.676. The van der Waals surface area contributed by atoms with Crippen molar-refractivity contribution in [1.29, 1.82) is 0 Å². The van der Waals surface area contributed by atoms with E-state index in [1.165, 1.54) is 5.69 Å². The van der Waals surface area contributed by atoms with E-state index in [2.05, 4.69) is 55.0 Å². The summed E-state index contributed by atoms with van der Waals surface area (Å²) in [4.78, 5) is 25.0. The third-order valence-corrected chi connectivity index (χ3v) is 5.73. The highest BCUT2D eigenvalue weighted by Gasteiger charge is 2.20. The Kier molecular flexibility index (Phi) is 5.48. The second kappa shape index (κ2) is 8.19. The zero-order valence-electron chi connectivity index (χ0n) is 15.9. The van der Waals surface area contributed by atoms with Crippen molar-refractivity contribution < 1.29 is 0 Å². The molecule has 1 saturated heterocycles. The highest BCUT2D eigenvalue weighted by molar-refractivity contribution is 9.10. The molecule has 0 saturated carbocycles. The molecule has 1 N–H and O–H groups in total. The van der Waals surface area contributed by atoms with Crippen molar-refractivity contribution in [3.8, 4) is 0 Å². The lowest BCUT2D eigenvalue weighted by Crippen LogP contribution is -2.47. The maximum absolute atomic E-state index is 12.7. The van der Waals surface area contributed by atoms with E-state index >= 15 is 0 Å². The molecule has 1 aromatic heterocycles. The molecular weight excluding hydrogens is 416 g/mol. The number of aromatic amines is 1. The van der Waals surface area contributed by atoms with Gasteiger partial charge in [0.2, 0.25) is 5.95 Å². The number of nitrogens with zero attached hydrogens (tertiary/aromatic N) is 3. The Labute approximate surface area is 173 Å². The van der Waals surface area contributed by atoms with E-state index < -0.39 is 0 Å². The van der Waals surface area contributed by atoms with Crippen LogP contribution in [0.4, 0.5) is 11.6 Å². The van der Waals surface area contributed by atoms with Crippen LogP contribution < -0.4 is 15.4 Å². The highest BCUT2D eigenvalue weighted by atomic mass is 79.9. The monoisotopic (exact) mass is 438 g/mol. The van der Waals surface area contributed by atoms with E-state index in [9.17, 15) is 4.79 Å². The fraction of sp³-hybridized carbons (Fsp3) is 0.273. The lowest BCUT2D eigenvalue weighted by Gasteiger charge is -2.36. The Morgan fingerprint density at radius 3 is 2.25 bits per heavy atom. The van der Waals surface area contributed by atoms with Gasteiger partial charge in [-0.2, -0.15) is 0 Å². The van der Waals surface area contributed by atoms with Gasteiger partial charge in [0.1, 0.15) is 0 Å². The van der Waals surface area contributed by atoms with Gasteiger partial charge in [-0.3, -0.25) is 9.78 Å². The molecule has 0 atom stereocenters. The van der Waals surface area contributed by atoms with Crippen molar-refractivity contribution in [2.24, 2.45) is 0 Å². The first kappa shape index (κ1) is 18.7. The smallest absolute Gasteiger partial charge is 0.256 e. The molecule has 1 aliphatic heterocycles. The summed E-state index contributed by atoms with van der Waals surface area (Å²) in [7, 11) is 0. The molecule has 0 aliphatic carbocycles. The molecular formula is C22H23BrN4O. The maximum Gasteiger partial charge on any atom is 0.256 e. The van der Waals surface area contributed by atoms with Crippen molar-refractivity contribution in [3.05, 3.63) is 86.2 Å². The zero-order valence-corrected chi connectivity index (χ0v) is 17.4. The van der Waals surface area contributed by atoms with E-state index in [-0.39, 0.29) is 5.56 Å². The Morgan fingerprint density at radius 1 is 0.964 bits per heavy atom. The molecule has 1 aliphatic rings. The summed E-state index contributed by atoms with van der Waals surface area (Å²) in [6, 6.07) is 18.5. The second-order valence-electron chi connectivity index (χ2n) is 7.07. The number of aromatic nitrogens is 2. The quantitative estimate of drug-likeness (QED) is 0.673. The summed E-state index contributed by atoms with van der Waals surface area (Å²) in [6.45, 7) is 5.42. The number of benzene rings is 2. The molecule has 2 aromatic carbocycles. The van der Waals surface area contributed by atoms with Gasteiger partial charge in [-0.1, -0.05) is 46.3 Å². The average Bonchev–Trinajstić information content (AvgIpc) is 2.73. The molecule has 0 amide bonds. The third-order valence-electron chi connectivity index (χ3n) is 5.20. The van der Waals surface area contributed by atoms with Gasteiger partial charge < -0.3 is 9.80 Å². The molecule has 0 bridgehead atoms. The number of nitrogens with one attached hydrogen (secondary N) is 1. The van der Waals surface area contributed by atoms with Gasteiger partial charge >= 0.3 is 0 Å². The molecule has 0 unspecified atom stereocenters. The number of hydrogen-bond acceptors (Lipinski definition) is 4. The van der Waals surface area contributed by atoms with E-state index in [0.717, 1.165) is 47.5 Å². The van der Waals surface area contributed by atoms with Crippen LogP contribution >= 0.6 is 15.9 Å². The molecule has 0 spiro atoms. The minimum absolute atomic E-state index is 0.0455. The van der Waals surface area contributed by atoms with Crippen molar-refractivity contribution >= 4 is 27.6 Å². The van der Waals surface area contributed by atoms with Crippen LogP contribution in [0.1, 0.15) is 16.8 Å². The SMILES string of the molecule is Cc1nc(N2CCN(c3ccccc3)CC2)[nH]c(=O)c1Cc1ccc(Br)cc1. The van der Waals surface area contributed by atoms with Gasteiger partial charge in [0.25, 0.3) is 5.56 Å². The summed E-state index contributed by atoms with van der Waals surface area (Å²) in [6.07, 6.45) is 0.587. The lowest BCUT2D eigenvalue weighted by molar-refractivity contribution is 0.637. The zero-order chi connectivity index (χ0) is 19.5. The van der Waals surface area contributed by atoms with Crippen LogP contribution in [0.15, 0.2) is 63.9 Å². The summed E-state index contributed by atoms with van der Waals surface area (Å²) in [5, 5.41) is 0. The summed E-state index contributed by atoms with van der Waals surface area (Å²) in [5.41, 5.74) is 3.82. The van der Waals surface area contributed by atoms with E-state index in [1.54, 1.807) is 0 Å². The van der Waals surface area contributed by atoms with Crippen LogP contribution in [0.25, 0.3) is 0 Å². The van der Waals surface area contributed by atoms with Crippen LogP contribution in [0, 0.1) is 6.92 Å². The molecule has 28 heavy (non-hydrogen) atoms. The number of piperazine rings is 1. The number of para-hydroxylation sites is 1. The lowest BCUT2D eigenvalue weighted by atomic mass is 10.1. The Balaban J connectivity index is 1.48. The van der Waals surface area contributed by atoms with E-state index in [0.29, 0.717) is 12.4 Å². The van der Waals surface area contributed by atoms with Gasteiger partial charge in [-0.15, -0.1) is 0 Å². The fourth-order valence-electron chi connectivity index (χ4n) is 3.58. The molecule has 4 rings (SSSR count). The minimum atomic E-state index is -0.0455. The first-order valence-corrected chi connectivity index (χ1v) is 10.3. The van der Waals surface area contributed by atoms with Crippen molar-refractivity contribution in [1.82, 2.24) is 9.97 Å². The topological polar surface area (TPSA) is 52.2 Å². The number of rotatable bonds is 4. The van der Waals surface area contributed by atoms with Crippen LogP contribution in [-0.4, -0.2) is 36.1 Å². The van der Waals surface area contributed by atoms with Crippen molar-refractivity contribution in [3.63, 3.8) is 0 Å². The van der Waals surface area contributed by atoms with E-state index in [1.807, 2.05) is 37.3 Å².